The zero-order valence-electron chi connectivity index (χ0n) is 13.5. The van der Waals surface area contributed by atoms with Crippen LogP contribution in [0.1, 0.15) is 16.7 Å². The maximum Gasteiger partial charge on any atom is 0.258 e. The monoisotopic (exact) mass is 377 g/mol. The van der Waals surface area contributed by atoms with Gasteiger partial charge >= 0.3 is 0 Å². The van der Waals surface area contributed by atoms with Crippen molar-refractivity contribution >= 4 is 21.8 Å². The van der Waals surface area contributed by atoms with Crippen LogP contribution in [0.15, 0.2) is 40.9 Å². The van der Waals surface area contributed by atoms with Gasteiger partial charge in [0.2, 0.25) is 0 Å². The molecule has 0 spiro atoms. The Morgan fingerprint density at radius 1 is 1.17 bits per heavy atom. The van der Waals surface area contributed by atoms with Crippen LogP contribution in [-0.2, 0) is 11.3 Å². The molecule has 0 saturated carbocycles. The van der Waals surface area contributed by atoms with Crippen LogP contribution < -0.4 is 14.8 Å². The van der Waals surface area contributed by atoms with Crippen LogP contribution in [0.4, 0.5) is 0 Å². The first-order valence-corrected chi connectivity index (χ1v) is 8.08. The lowest BCUT2D eigenvalue weighted by atomic mass is 10.1. The van der Waals surface area contributed by atoms with Crippen LogP contribution in [0.3, 0.4) is 0 Å². The molecule has 2 aromatic carbocycles. The van der Waals surface area contributed by atoms with E-state index in [4.69, 9.17) is 9.47 Å². The molecule has 0 aromatic heterocycles. The van der Waals surface area contributed by atoms with Crippen molar-refractivity contribution in [1.29, 1.82) is 0 Å². The molecule has 122 valence electrons. The van der Waals surface area contributed by atoms with Gasteiger partial charge in [-0.3, -0.25) is 4.79 Å². The van der Waals surface area contributed by atoms with E-state index < -0.39 is 0 Å². The molecule has 0 aliphatic carbocycles. The minimum absolute atomic E-state index is 0.0182. The molecule has 0 saturated heterocycles. The lowest BCUT2D eigenvalue weighted by Crippen LogP contribution is -2.28. The quantitative estimate of drug-likeness (QED) is 0.833. The average Bonchev–Trinajstić information content (AvgIpc) is 2.56. The summed E-state index contributed by atoms with van der Waals surface area (Å²) in [5.74, 6) is 1.28. The van der Waals surface area contributed by atoms with Crippen LogP contribution in [0.25, 0.3) is 0 Å². The Morgan fingerprint density at radius 2 is 1.83 bits per heavy atom. The zero-order chi connectivity index (χ0) is 16.8. The predicted octanol–water partition coefficient (Wildman–Crippen LogP) is 3.77. The largest absolute Gasteiger partial charge is 0.496 e. The van der Waals surface area contributed by atoms with E-state index in [1.54, 1.807) is 7.11 Å². The lowest BCUT2D eigenvalue weighted by molar-refractivity contribution is -0.123. The molecule has 5 heteroatoms. The number of hydrogen-bond donors (Lipinski definition) is 1. The summed E-state index contributed by atoms with van der Waals surface area (Å²) >= 11 is 3.51. The van der Waals surface area contributed by atoms with E-state index >= 15 is 0 Å². The highest BCUT2D eigenvalue weighted by molar-refractivity contribution is 9.10. The first kappa shape index (κ1) is 17.3. The summed E-state index contributed by atoms with van der Waals surface area (Å²) in [4.78, 5) is 11.9. The van der Waals surface area contributed by atoms with E-state index in [1.807, 2.05) is 50.2 Å². The maximum absolute atomic E-state index is 11.9. The normalized spacial score (nSPS) is 10.3. The van der Waals surface area contributed by atoms with E-state index in [-0.39, 0.29) is 12.5 Å². The van der Waals surface area contributed by atoms with Crippen LogP contribution in [0.5, 0.6) is 11.5 Å². The van der Waals surface area contributed by atoms with Crippen molar-refractivity contribution in [3.05, 3.63) is 57.6 Å². The molecule has 0 radical (unpaired) electrons. The molecule has 0 fully saturated rings. The molecule has 23 heavy (non-hydrogen) atoms. The van der Waals surface area contributed by atoms with E-state index in [1.165, 1.54) is 0 Å². The fourth-order valence-electron chi connectivity index (χ4n) is 2.23. The molecule has 0 bridgehead atoms. The van der Waals surface area contributed by atoms with Gasteiger partial charge in [0, 0.05) is 16.6 Å². The first-order valence-electron chi connectivity index (χ1n) is 7.29. The third-order valence-electron chi connectivity index (χ3n) is 3.45. The smallest absolute Gasteiger partial charge is 0.258 e. The lowest BCUT2D eigenvalue weighted by Gasteiger charge is -2.11. The van der Waals surface area contributed by atoms with E-state index in [0.29, 0.717) is 12.3 Å². The van der Waals surface area contributed by atoms with Gasteiger partial charge in [-0.2, -0.15) is 0 Å². The average molecular weight is 378 g/mol. The highest BCUT2D eigenvalue weighted by Gasteiger charge is 2.08. The number of halogens is 1. The number of carbonyl (C=O) groups excluding carboxylic acids is 1. The first-order chi connectivity index (χ1) is 11.0. The van der Waals surface area contributed by atoms with Crippen molar-refractivity contribution in [1.82, 2.24) is 5.32 Å². The maximum atomic E-state index is 11.9. The van der Waals surface area contributed by atoms with Gasteiger partial charge in [0.05, 0.1) is 7.11 Å². The number of carbonyl (C=O) groups is 1. The molecule has 0 atom stereocenters. The molecule has 0 heterocycles. The van der Waals surface area contributed by atoms with Gasteiger partial charge in [0.1, 0.15) is 11.5 Å². The summed E-state index contributed by atoms with van der Waals surface area (Å²) in [6.07, 6.45) is 0. The Kier molecular flexibility index (Phi) is 6.04. The standard InChI is InChI=1S/C18H20BrNO3/c1-12-8-15(9-13(2)18(12)19)23-11-17(21)20-10-14-6-4-5-7-16(14)22-3/h4-9H,10-11H2,1-3H3,(H,20,21). The van der Waals surface area contributed by atoms with Gasteiger partial charge in [0.15, 0.2) is 6.61 Å². The Morgan fingerprint density at radius 3 is 2.48 bits per heavy atom. The zero-order valence-corrected chi connectivity index (χ0v) is 15.1. The fraction of sp³-hybridized carbons (Fsp3) is 0.278. The molecular formula is C18H20BrNO3. The summed E-state index contributed by atoms with van der Waals surface area (Å²) in [6.45, 7) is 4.37. The number of rotatable bonds is 6. The van der Waals surface area contributed by atoms with Gasteiger partial charge in [-0.25, -0.2) is 0 Å². The molecule has 0 aliphatic rings. The summed E-state index contributed by atoms with van der Waals surface area (Å²) < 4.78 is 11.9. The summed E-state index contributed by atoms with van der Waals surface area (Å²) in [6, 6.07) is 11.4. The number of methoxy groups -OCH3 is 1. The van der Waals surface area contributed by atoms with Gasteiger partial charge in [0.25, 0.3) is 5.91 Å². The molecule has 2 rings (SSSR count). The number of ether oxygens (including phenoxy) is 2. The van der Waals surface area contributed by atoms with Crippen molar-refractivity contribution in [3.63, 3.8) is 0 Å². The second-order valence-corrected chi connectivity index (χ2v) is 6.04. The van der Waals surface area contributed by atoms with Crippen molar-refractivity contribution < 1.29 is 14.3 Å². The van der Waals surface area contributed by atoms with Crippen LogP contribution >= 0.6 is 15.9 Å². The Labute approximate surface area is 144 Å². The van der Waals surface area contributed by atoms with Crippen molar-refractivity contribution in [2.24, 2.45) is 0 Å². The van der Waals surface area contributed by atoms with Gasteiger partial charge in [-0.15, -0.1) is 0 Å². The molecular weight excluding hydrogens is 358 g/mol. The SMILES string of the molecule is COc1ccccc1CNC(=O)COc1cc(C)c(Br)c(C)c1. The van der Waals surface area contributed by atoms with Crippen molar-refractivity contribution in [2.75, 3.05) is 13.7 Å². The molecule has 2 aromatic rings. The van der Waals surface area contributed by atoms with E-state index in [2.05, 4.69) is 21.2 Å². The van der Waals surface area contributed by atoms with Crippen molar-refractivity contribution in [3.8, 4) is 11.5 Å². The summed E-state index contributed by atoms with van der Waals surface area (Å²) in [5.41, 5.74) is 3.09. The Hall–Kier alpha value is -2.01. The van der Waals surface area contributed by atoms with Gasteiger partial charge < -0.3 is 14.8 Å². The Bertz CT molecular complexity index is 677. The number of aryl methyl sites for hydroxylation is 2. The molecule has 1 N–H and O–H groups in total. The summed E-state index contributed by atoms with van der Waals surface area (Å²) in [5, 5.41) is 2.83. The van der Waals surface area contributed by atoms with Crippen molar-refractivity contribution in [2.45, 2.75) is 20.4 Å². The number of para-hydroxylation sites is 1. The molecule has 0 unspecified atom stereocenters. The van der Waals surface area contributed by atoms with E-state index in [9.17, 15) is 4.79 Å². The Balaban J connectivity index is 1.88. The highest BCUT2D eigenvalue weighted by atomic mass is 79.9. The predicted molar refractivity (Wildman–Crippen MR) is 94.0 cm³/mol. The molecule has 0 aliphatic heterocycles. The third kappa shape index (κ3) is 4.73. The summed E-state index contributed by atoms with van der Waals surface area (Å²) in [7, 11) is 1.61. The van der Waals surface area contributed by atoms with Crippen LogP contribution in [0.2, 0.25) is 0 Å². The number of amides is 1. The second-order valence-electron chi connectivity index (χ2n) is 5.25. The fourth-order valence-corrected chi connectivity index (χ4v) is 2.46. The topological polar surface area (TPSA) is 47.6 Å². The highest BCUT2D eigenvalue weighted by Crippen LogP contribution is 2.26. The van der Waals surface area contributed by atoms with Crippen LogP contribution in [-0.4, -0.2) is 19.6 Å². The van der Waals surface area contributed by atoms with E-state index in [0.717, 1.165) is 26.9 Å². The third-order valence-corrected chi connectivity index (χ3v) is 4.70. The minimum Gasteiger partial charge on any atom is -0.496 e. The van der Waals surface area contributed by atoms with Gasteiger partial charge in [-0.05, 0) is 43.2 Å². The number of nitrogens with one attached hydrogen (secondary N) is 1. The minimum atomic E-state index is -0.172. The molecule has 4 nitrogen and oxygen atoms in total. The number of benzene rings is 2. The number of hydrogen-bond acceptors (Lipinski definition) is 3. The molecule has 1 amide bonds. The second kappa shape index (κ2) is 8.02. The van der Waals surface area contributed by atoms with Crippen LogP contribution in [0, 0.1) is 13.8 Å². The van der Waals surface area contributed by atoms with Gasteiger partial charge in [-0.1, -0.05) is 34.1 Å².